The molecule has 1 aromatic carbocycles. The van der Waals surface area contributed by atoms with Gasteiger partial charge in [-0.3, -0.25) is 0 Å². The Bertz CT molecular complexity index is 908. The molecule has 3 aromatic rings. The number of morpholine rings is 1. The molecule has 7 heteroatoms. The fourth-order valence-corrected chi connectivity index (χ4v) is 3.52. The van der Waals surface area contributed by atoms with Crippen molar-refractivity contribution < 1.29 is 9.84 Å². The molecule has 1 unspecified atom stereocenters. The van der Waals surface area contributed by atoms with Crippen LogP contribution in [-0.2, 0) is 4.74 Å². The van der Waals surface area contributed by atoms with Crippen LogP contribution in [0, 0.1) is 6.92 Å². The first-order chi connectivity index (χ1) is 12.7. The van der Waals surface area contributed by atoms with Gasteiger partial charge in [0, 0.05) is 41.6 Å². The molecule has 26 heavy (non-hydrogen) atoms. The van der Waals surface area contributed by atoms with Crippen molar-refractivity contribution in [2.75, 3.05) is 31.3 Å². The number of anilines is 1. The monoisotopic (exact) mass is 372 g/mol. The summed E-state index contributed by atoms with van der Waals surface area (Å²) in [7, 11) is 0. The van der Waals surface area contributed by atoms with Gasteiger partial charge >= 0.3 is 0 Å². The van der Waals surface area contributed by atoms with E-state index < -0.39 is 0 Å². The summed E-state index contributed by atoms with van der Waals surface area (Å²) in [5, 5.41) is 14.9. The van der Waals surface area contributed by atoms with E-state index in [1.807, 2.05) is 47.8 Å². The molecule has 0 aliphatic carbocycles. The third-order valence-corrected chi connectivity index (χ3v) is 4.91. The van der Waals surface area contributed by atoms with Crippen LogP contribution in [0.5, 0.6) is 0 Å². The van der Waals surface area contributed by atoms with E-state index in [1.54, 1.807) is 0 Å². The number of benzene rings is 1. The molecule has 1 saturated heterocycles. The smallest absolute Gasteiger partial charge is 0.158 e. The van der Waals surface area contributed by atoms with E-state index in [0.717, 1.165) is 35.0 Å². The summed E-state index contributed by atoms with van der Waals surface area (Å²) >= 11 is 5.99. The maximum Gasteiger partial charge on any atom is 0.158 e. The minimum atomic E-state index is 0.127. The molecule has 1 fully saturated rings. The minimum absolute atomic E-state index is 0.127. The average Bonchev–Trinajstić information content (AvgIpc) is 3.06. The number of hydrogen-bond acceptors (Lipinski definition) is 5. The number of fused-ring (bicyclic) bond motifs is 1. The SMILES string of the molecule is Cc1cc(N2CCOCC2CCO)n2nc(-c3ccc(Cl)cc3)cc2n1. The maximum atomic E-state index is 9.40. The van der Waals surface area contributed by atoms with Gasteiger partial charge < -0.3 is 14.7 Å². The van der Waals surface area contributed by atoms with Crippen molar-refractivity contribution in [3.8, 4) is 11.3 Å². The van der Waals surface area contributed by atoms with Gasteiger partial charge in [-0.1, -0.05) is 23.7 Å². The van der Waals surface area contributed by atoms with Crippen molar-refractivity contribution in [3.05, 3.63) is 47.1 Å². The summed E-state index contributed by atoms with van der Waals surface area (Å²) in [6.45, 7) is 4.15. The Kier molecular flexibility index (Phi) is 4.80. The molecule has 0 spiro atoms. The fraction of sp³-hybridized carbons (Fsp3) is 0.368. The highest BCUT2D eigenvalue weighted by molar-refractivity contribution is 6.30. The van der Waals surface area contributed by atoms with Gasteiger partial charge in [-0.05, 0) is 25.5 Å². The average molecular weight is 373 g/mol. The molecule has 136 valence electrons. The van der Waals surface area contributed by atoms with E-state index in [9.17, 15) is 5.11 Å². The van der Waals surface area contributed by atoms with Crippen LogP contribution in [0.15, 0.2) is 36.4 Å². The van der Waals surface area contributed by atoms with Gasteiger partial charge in [0.15, 0.2) is 5.65 Å². The van der Waals surface area contributed by atoms with Gasteiger partial charge in [0.25, 0.3) is 0 Å². The van der Waals surface area contributed by atoms with Crippen LogP contribution in [0.4, 0.5) is 5.82 Å². The Labute approximate surface area is 157 Å². The Morgan fingerprint density at radius 3 is 2.85 bits per heavy atom. The summed E-state index contributed by atoms with van der Waals surface area (Å²) in [6.07, 6.45) is 0.661. The zero-order valence-electron chi connectivity index (χ0n) is 14.6. The van der Waals surface area contributed by atoms with E-state index in [1.165, 1.54) is 0 Å². The number of aliphatic hydroxyl groups excluding tert-OH is 1. The molecule has 1 aliphatic heterocycles. The largest absolute Gasteiger partial charge is 0.396 e. The Morgan fingerprint density at radius 1 is 1.27 bits per heavy atom. The first kappa shape index (κ1) is 17.3. The van der Waals surface area contributed by atoms with Crippen molar-refractivity contribution in [1.82, 2.24) is 14.6 Å². The van der Waals surface area contributed by atoms with Gasteiger partial charge in [0.1, 0.15) is 5.82 Å². The predicted octanol–water partition coefficient (Wildman–Crippen LogP) is 2.95. The number of nitrogens with zero attached hydrogens (tertiary/aromatic N) is 4. The fourth-order valence-electron chi connectivity index (χ4n) is 3.39. The van der Waals surface area contributed by atoms with Gasteiger partial charge in [-0.2, -0.15) is 9.61 Å². The normalized spacial score (nSPS) is 17.8. The molecule has 0 saturated carbocycles. The van der Waals surface area contributed by atoms with Crippen LogP contribution in [0.1, 0.15) is 12.1 Å². The second-order valence-corrected chi connectivity index (χ2v) is 6.93. The Hall–Kier alpha value is -2.15. The zero-order chi connectivity index (χ0) is 18.1. The van der Waals surface area contributed by atoms with E-state index in [0.29, 0.717) is 24.7 Å². The first-order valence-corrected chi connectivity index (χ1v) is 9.12. The summed E-state index contributed by atoms with van der Waals surface area (Å²) in [6, 6.07) is 11.8. The summed E-state index contributed by atoms with van der Waals surface area (Å²) in [4.78, 5) is 6.90. The zero-order valence-corrected chi connectivity index (χ0v) is 15.4. The molecule has 1 atom stereocenters. The number of halogens is 1. The third-order valence-electron chi connectivity index (χ3n) is 4.66. The summed E-state index contributed by atoms with van der Waals surface area (Å²) in [5.41, 5.74) is 3.59. The second-order valence-electron chi connectivity index (χ2n) is 6.50. The van der Waals surface area contributed by atoms with Crippen LogP contribution in [-0.4, -0.2) is 52.1 Å². The van der Waals surface area contributed by atoms with Crippen molar-refractivity contribution >= 4 is 23.1 Å². The molecule has 4 rings (SSSR count). The lowest BCUT2D eigenvalue weighted by molar-refractivity contribution is 0.0843. The van der Waals surface area contributed by atoms with E-state index >= 15 is 0 Å². The summed E-state index contributed by atoms with van der Waals surface area (Å²) < 4.78 is 7.49. The number of aliphatic hydroxyl groups is 1. The minimum Gasteiger partial charge on any atom is -0.396 e. The Balaban J connectivity index is 1.80. The van der Waals surface area contributed by atoms with Crippen molar-refractivity contribution in [3.63, 3.8) is 0 Å². The standard InChI is InChI=1S/C19H21ClN4O2/c1-13-10-19(23-7-9-26-12-16(23)6-8-25)24-18(21-13)11-17(22-24)14-2-4-15(20)5-3-14/h2-5,10-11,16,25H,6-9,12H2,1H3. The molecule has 1 aliphatic rings. The van der Waals surface area contributed by atoms with Crippen molar-refractivity contribution in [2.24, 2.45) is 0 Å². The number of rotatable bonds is 4. The van der Waals surface area contributed by atoms with Crippen LogP contribution in [0.2, 0.25) is 5.02 Å². The highest BCUT2D eigenvalue weighted by Gasteiger charge is 2.25. The maximum absolute atomic E-state index is 9.40. The number of aryl methyl sites for hydroxylation is 1. The number of hydrogen-bond donors (Lipinski definition) is 1. The van der Waals surface area contributed by atoms with Gasteiger partial charge in [-0.25, -0.2) is 4.98 Å². The van der Waals surface area contributed by atoms with E-state index in [2.05, 4.69) is 9.88 Å². The first-order valence-electron chi connectivity index (χ1n) is 8.74. The van der Waals surface area contributed by atoms with Crippen LogP contribution in [0.3, 0.4) is 0 Å². The Morgan fingerprint density at radius 2 is 2.08 bits per heavy atom. The van der Waals surface area contributed by atoms with Crippen LogP contribution < -0.4 is 4.90 Å². The lowest BCUT2D eigenvalue weighted by Gasteiger charge is -2.37. The lowest BCUT2D eigenvalue weighted by atomic mass is 10.1. The molecule has 0 bridgehead atoms. The van der Waals surface area contributed by atoms with Crippen molar-refractivity contribution in [2.45, 2.75) is 19.4 Å². The molecule has 0 radical (unpaired) electrons. The van der Waals surface area contributed by atoms with Gasteiger partial charge in [-0.15, -0.1) is 0 Å². The van der Waals surface area contributed by atoms with E-state index in [4.69, 9.17) is 21.4 Å². The highest BCUT2D eigenvalue weighted by atomic mass is 35.5. The highest BCUT2D eigenvalue weighted by Crippen LogP contribution is 2.27. The third kappa shape index (κ3) is 3.28. The predicted molar refractivity (Wildman–Crippen MR) is 102 cm³/mol. The molecule has 0 amide bonds. The topological polar surface area (TPSA) is 62.9 Å². The molecular formula is C19H21ClN4O2. The number of ether oxygens (including phenoxy) is 1. The molecule has 1 N–H and O–H groups in total. The lowest BCUT2D eigenvalue weighted by Crippen LogP contribution is -2.47. The molecule has 3 heterocycles. The summed E-state index contributed by atoms with van der Waals surface area (Å²) in [5.74, 6) is 0.981. The molecule has 6 nitrogen and oxygen atoms in total. The number of aromatic nitrogens is 3. The quantitative estimate of drug-likeness (QED) is 0.762. The molecule has 2 aromatic heterocycles. The van der Waals surface area contributed by atoms with Gasteiger partial charge in [0.05, 0.1) is 24.9 Å². The van der Waals surface area contributed by atoms with Crippen LogP contribution in [0.25, 0.3) is 16.9 Å². The second kappa shape index (κ2) is 7.23. The van der Waals surface area contributed by atoms with E-state index in [-0.39, 0.29) is 12.6 Å². The van der Waals surface area contributed by atoms with Crippen molar-refractivity contribution in [1.29, 1.82) is 0 Å². The molecular weight excluding hydrogens is 352 g/mol. The van der Waals surface area contributed by atoms with Gasteiger partial charge in [0.2, 0.25) is 0 Å². The van der Waals surface area contributed by atoms with Crippen LogP contribution >= 0.6 is 11.6 Å².